The number of alkyl halides is 3. The lowest BCUT2D eigenvalue weighted by Gasteiger charge is -2.18. The van der Waals surface area contributed by atoms with E-state index in [0.717, 1.165) is 19.2 Å². The van der Waals surface area contributed by atoms with E-state index in [-0.39, 0.29) is 5.56 Å². The third kappa shape index (κ3) is 5.23. The highest BCUT2D eigenvalue weighted by Crippen LogP contribution is 2.37. The molecule has 1 unspecified atom stereocenters. The first-order valence-electron chi connectivity index (χ1n) is 5.47. The summed E-state index contributed by atoms with van der Waals surface area (Å²) < 4.78 is 37.0. The lowest BCUT2D eigenvalue weighted by molar-refractivity contribution is -0.155. The molecule has 21 heavy (non-hydrogen) atoms. The molecule has 1 rings (SSSR count). The molecule has 0 aliphatic heterocycles. The number of pyridine rings is 1. The van der Waals surface area contributed by atoms with Gasteiger partial charge in [-0.2, -0.15) is 13.2 Å². The van der Waals surface area contributed by atoms with E-state index in [9.17, 15) is 27.9 Å². The highest BCUT2D eigenvalue weighted by atomic mass is 32.2. The van der Waals surface area contributed by atoms with Crippen molar-refractivity contribution in [3.05, 3.63) is 23.9 Å². The summed E-state index contributed by atoms with van der Waals surface area (Å²) in [5.41, 5.74) is -7.20. The molecule has 0 radical (unpaired) electrons. The summed E-state index contributed by atoms with van der Waals surface area (Å²) >= 11 is -0.555. The second-order valence-corrected chi connectivity index (χ2v) is 5.22. The van der Waals surface area contributed by atoms with Crippen molar-refractivity contribution in [3.63, 3.8) is 0 Å². The Labute approximate surface area is 121 Å². The summed E-state index contributed by atoms with van der Waals surface area (Å²) in [6.45, 7) is 0.288. The Balaban J connectivity index is 2.86. The van der Waals surface area contributed by atoms with Crippen molar-refractivity contribution in [1.29, 1.82) is 0 Å². The van der Waals surface area contributed by atoms with Crippen molar-refractivity contribution < 1.29 is 33.0 Å². The first-order valence-corrected chi connectivity index (χ1v) is 6.29. The van der Waals surface area contributed by atoms with Crippen LogP contribution in [0.15, 0.2) is 23.4 Å². The molecule has 0 fully saturated rings. The van der Waals surface area contributed by atoms with Crippen LogP contribution in [0.3, 0.4) is 0 Å². The molecule has 0 saturated heterocycles. The number of rotatable bonds is 5. The molecule has 6 nitrogen and oxygen atoms in total. The molecule has 116 valence electrons. The van der Waals surface area contributed by atoms with E-state index < -0.39 is 46.3 Å². The zero-order valence-electron chi connectivity index (χ0n) is 10.6. The van der Waals surface area contributed by atoms with Crippen LogP contribution >= 0.6 is 11.8 Å². The van der Waals surface area contributed by atoms with Gasteiger partial charge in [0.2, 0.25) is 0 Å². The highest BCUT2D eigenvalue weighted by Gasteiger charge is 2.33. The topological polar surface area (TPSA) is 99.5 Å². The molecule has 0 saturated carbocycles. The van der Waals surface area contributed by atoms with E-state index in [1.54, 1.807) is 0 Å². The van der Waals surface area contributed by atoms with Crippen molar-refractivity contribution in [2.75, 3.05) is 6.54 Å². The Morgan fingerprint density at radius 1 is 1.43 bits per heavy atom. The number of nitrogens with zero attached hydrogens (tertiary/aromatic N) is 1. The van der Waals surface area contributed by atoms with Crippen LogP contribution in [0.1, 0.15) is 17.3 Å². The Morgan fingerprint density at radius 2 is 2.05 bits per heavy atom. The molecule has 1 heterocycles. The number of aliphatic carboxylic acids is 1. The van der Waals surface area contributed by atoms with Gasteiger partial charge in [-0.3, -0.25) is 4.79 Å². The number of aromatic nitrogens is 1. The summed E-state index contributed by atoms with van der Waals surface area (Å²) in [5.74, 6) is -2.53. The maximum atomic E-state index is 12.3. The number of hydrogen-bond donors (Lipinski definition) is 3. The number of thioether (sulfide) groups is 1. The molecule has 0 spiro atoms. The molecule has 1 amide bonds. The van der Waals surface area contributed by atoms with E-state index in [2.05, 4.69) is 10.3 Å². The zero-order chi connectivity index (χ0) is 16.3. The number of carboxylic acid groups (broad SMARTS) is 1. The fraction of sp³-hybridized carbons (Fsp3) is 0.364. The van der Waals surface area contributed by atoms with Crippen LogP contribution in [-0.4, -0.2) is 44.7 Å². The van der Waals surface area contributed by atoms with Crippen LogP contribution in [0.4, 0.5) is 13.2 Å². The van der Waals surface area contributed by atoms with Crippen molar-refractivity contribution in [3.8, 4) is 0 Å². The van der Waals surface area contributed by atoms with Crippen molar-refractivity contribution in [2.24, 2.45) is 0 Å². The summed E-state index contributed by atoms with van der Waals surface area (Å²) in [5, 5.41) is 19.6. The fourth-order valence-corrected chi connectivity index (χ4v) is 1.78. The van der Waals surface area contributed by atoms with E-state index in [1.807, 2.05) is 0 Å². The molecule has 0 bridgehead atoms. The van der Waals surface area contributed by atoms with E-state index in [0.29, 0.717) is 0 Å². The monoisotopic (exact) mass is 324 g/mol. The normalized spacial score (nSPS) is 14.3. The third-order valence-corrected chi connectivity index (χ3v) is 3.03. The third-order valence-electron chi connectivity index (χ3n) is 2.28. The predicted octanol–water partition coefficient (Wildman–Crippen LogP) is 1.26. The first-order chi connectivity index (χ1) is 9.53. The molecular weight excluding hydrogens is 313 g/mol. The number of carboxylic acids is 1. The molecule has 0 aliphatic rings. The minimum absolute atomic E-state index is 0.360. The number of amides is 1. The number of aliphatic hydroxyl groups is 1. The van der Waals surface area contributed by atoms with Gasteiger partial charge < -0.3 is 15.5 Å². The molecule has 1 aromatic heterocycles. The Kier molecular flexibility index (Phi) is 5.18. The van der Waals surface area contributed by atoms with Gasteiger partial charge in [-0.15, -0.1) is 0 Å². The minimum atomic E-state index is -4.62. The van der Waals surface area contributed by atoms with Gasteiger partial charge >= 0.3 is 11.5 Å². The van der Waals surface area contributed by atoms with E-state index in [1.165, 1.54) is 6.07 Å². The van der Waals surface area contributed by atoms with Crippen molar-refractivity contribution in [2.45, 2.75) is 23.1 Å². The molecule has 0 aliphatic carbocycles. The molecule has 10 heteroatoms. The van der Waals surface area contributed by atoms with Crippen LogP contribution in [-0.2, 0) is 4.79 Å². The van der Waals surface area contributed by atoms with Gasteiger partial charge in [0.05, 0.1) is 12.1 Å². The standard InChI is InChI=1S/C11H11F3N2O4S/c1-10(20,9(18)19)5-16-7(17)6-3-2-4-15-8(6)21-11(12,13)14/h2-4,20H,5H2,1H3,(H,16,17)(H,18,19). The maximum absolute atomic E-state index is 12.3. The Morgan fingerprint density at radius 3 is 2.57 bits per heavy atom. The van der Waals surface area contributed by atoms with Gasteiger partial charge in [0, 0.05) is 18.0 Å². The van der Waals surface area contributed by atoms with Crippen LogP contribution in [0.5, 0.6) is 0 Å². The number of halogens is 3. The average molecular weight is 324 g/mol. The van der Waals surface area contributed by atoms with Gasteiger partial charge in [0.1, 0.15) is 5.03 Å². The minimum Gasteiger partial charge on any atom is -0.479 e. The van der Waals surface area contributed by atoms with Crippen molar-refractivity contribution in [1.82, 2.24) is 10.3 Å². The number of hydrogen-bond acceptors (Lipinski definition) is 5. The van der Waals surface area contributed by atoms with Gasteiger partial charge in [0.25, 0.3) is 5.91 Å². The van der Waals surface area contributed by atoms with Crippen LogP contribution in [0.25, 0.3) is 0 Å². The fourth-order valence-electron chi connectivity index (χ4n) is 1.18. The molecular formula is C11H11F3N2O4S. The summed E-state index contributed by atoms with van der Waals surface area (Å²) in [6.07, 6.45) is 1.10. The van der Waals surface area contributed by atoms with E-state index >= 15 is 0 Å². The number of nitrogens with one attached hydrogen (secondary N) is 1. The summed E-state index contributed by atoms with van der Waals surface area (Å²) in [7, 11) is 0. The second-order valence-electron chi connectivity index (χ2n) is 4.17. The average Bonchev–Trinajstić information content (AvgIpc) is 2.34. The van der Waals surface area contributed by atoms with E-state index in [4.69, 9.17) is 5.11 Å². The van der Waals surface area contributed by atoms with Gasteiger partial charge in [-0.25, -0.2) is 9.78 Å². The van der Waals surface area contributed by atoms with Gasteiger partial charge in [-0.1, -0.05) is 0 Å². The first kappa shape index (κ1) is 17.2. The quantitative estimate of drug-likeness (QED) is 0.705. The van der Waals surface area contributed by atoms with Gasteiger partial charge in [0.15, 0.2) is 5.60 Å². The maximum Gasteiger partial charge on any atom is 0.447 e. The summed E-state index contributed by atoms with van der Waals surface area (Å²) in [4.78, 5) is 25.9. The predicted molar refractivity (Wildman–Crippen MR) is 66.7 cm³/mol. The van der Waals surface area contributed by atoms with Crippen LogP contribution in [0.2, 0.25) is 0 Å². The van der Waals surface area contributed by atoms with Crippen LogP contribution < -0.4 is 5.32 Å². The largest absolute Gasteiger partial charge is 0.479 e. The Hall–Kier alpha value is -1.81. The summed E-state index contributed by atoms with van der Waals surface area (Å²) in [6, 6.07) is 2.39. The lowest BCUT2D eigenvalue weighted by Crippen LogP contribution is -2.46. The second kappa shape index (κ2) is 6.31. The van der Waals surface area contributed by atoms with Crippen molar-refractivity contribution >= 4 is 23.6 Å². The molecule has 1 atom stereocenters. The molecule has 3 N–H and O–H groups in total. The Bertz CT molecular complexity index is 549. The zero-order valence-corrected chi connectivity index (χ0v) is 11.5. The number of carbonyl (C=O) groups excluding carboxylic acids is 1. The van der Waals surface area contributed by atoms with Gasteiger partial charge in [-0.05, 0) is 19.1 Å². The molecule has 1 aromatic rings. The number of carbonyl (C=O) groups is 2. The SMILES string of the molecule is CC(O)(CNC(=O)c1cccnc1SC(F)(F)F)C(=O)O. The lowest BCUT2D eigenvalue weighted by atomic mass is 10.1. The highest BCUT2D eigenvalue weighted by molar-refractivity contribution is 8.00. The smallest absolute Gasteiger partial charge is 0.447 e. The molecule has 0 aromatic carbocycles. The van der Waals surface area contributed by atoms with Crippen LogP contribution in [0, 0.1) is 0 Å².